The molecule has 0 aliphatic rings. The van der Waals surface area contributed by atoms with Crippen molar-refractivity contribution in [1.82, 2.24) is 15.5 Å². The van der Waals surface area contributed by atoms with Crippen LogP contribution in [0.3, 0.4) is 0 Å². The average molecular weight is 816 g/mol. The van der Waals surface area contributed by atoms with Crippen LogP contribution in [0.25, 0.3) is 11.1 Å². The van der Waals surface area contributed by atoms with E-state index in [0.717, 1.165) is 47.1 Å². The van der Waals surface area contributed by atoms with Crippen LogP contribution in [0.15, 0.2) is 72.8 Å². The summed E-state index contributed by atoms with van der Waals surface area (Å²) in [6, 6.07) is 23.9. The minimum absolute atomic E-state index is 0.00275. The summed E-state index contributed by atoms with van der Waals surface area (Å²) < 4.78 is 5.24. The van der Waals surface area contributed by atoms with E-state index >= 15 is 0 Å². The smallest absolute Gasteiger partial charge is 0.407 e. The number of carbonyl (C=O) groups excluding carboxylic acids is 2. The molecular formula is C42H61N3O13. The van der Waals surface area contributed by atoms with Crippen molar-refractivity contribution >= 4 is 12.0 Å². The Morgan fingerprint density at radius 1 is 0.638 bits per heavy atom. The lowest BCUT2D eigenvalue weighted by atomic mass is 9.95. The molecular weight excluding hydrogens is 754 g/mol. The number of ether oxygens (including phenoxy) is 1. The van der Waals surface area contributed by atoms with Gasteiger partial charge in [0.15, 0.2) is 0 Å². The first-order chi connectivity index (χ1) is 27.7. The largest absolute Gasteiger partial charge is 0.445 e. The quantitative estimate of drug-likeness (QED) is 0.0440. The van der Waals surface area contributed by atoms with Crippen LogP contribution >= 0.6 is 0 Å². The summed E-state index contributed by atoms with van der Waals surface area (Å²) in [5, 5.41) is 105. The number of amides is 2. The zero-order valence-electron chi connectivity index (χ0n) is 32.9. The molecule has 0 fully saturated rings. The maximum atomic E-state index is 12.8. The molecule has 16 nitrogen and oxygen atoms in total. The Labute approximate surface area is 339 Å². The molecule has 3 aromatic rings. The molecule has 0 heterocycles. The first kappa shape index (κ1) is 48.3. The normalized spacial score (nSPS) is 15.8. The Kier molecular flexibility index (Phi) is 21.2. The van der Waals surface area contributed by atoms with Crippen LogP contribution < -0.4 is 10.6 Å². The molecule has 0 unspecified atom stereocenters. The molecule has 8 atom stereocenters. The minimum atomic E-state index is -1.91. The summed E-state index contributed by atoms with van der Waals surface area (Å²) in [5.41, 5.74) is 6.24. The van der Waals surface area contributed by atoms with Crippen molar-refractivity contribution in [1.29, 1.82) is 0 Å². The van der Waals surface area contributed by atoms with Gasteiger partial charge < -0.3 is 66.4 Å². The molecule has 16 heteroatoms. The van der Waals surface area contributed by atoms with Gasteiger partial charge in [0.2, 0.25) is 5.91 Å². The topological polar surface area (TPSA) is 273 Å². The summed E-state index contributed by atoms with van der Waals surface area (Å²) in [5.74, 6) is -0.291. The Balaban J connectivity index is 1.45. The van der Waals surface area contributed by atoms with Crippen molar-refractivity contribution in [3.63, 3.8) is 0 Å². The molecule has 0 saturated heterocycles. The van der Waals surface area contributed by atoms with Crippen LogP contribution in [0, 0.1) is 6.92 Å². The number of unbranched alkanes of at least 4 members (excludes halogenated alkanes) is 1. The van der Waals surface area contributed by atoms with Crippen LogP contribution in [0.4, 0.5) is 4.79 Å². The monoisotopic (exact) mass is 815 g/mol. The van der Waals surface area contributed by atoms with E-state index in [2.05, 4.69) is 34.9 Å². The SMILES string of the molecule is Cc1cc(CCC(=O)NCCN(C[C@H](O)[C@@H](O)[C@H](O)[C@H](O)CO)C[C@H](O)[C@@H](O)[C@H](O)[C@H](O)CO)ccc1-c1ccc(CCCCNC(=O)OCc2ccccc2)cc1. The van der Waals surface area contributed by atoms with E-state index < -0.39 is 81.2 Å². The van der Waals surface area contributed by atoms with E-state index in [9.17, 15) is 50.4 Å². The second-order valence-electron chi connectivity index (χ2n) is 14.5. The minimum Gasteiger partial charge on any atom is -0.445 e. The Bertz CT molecular complexity index is 1600. The Hall–Kier alpha value is -4.04. The highest BCUT2D eigenvalue weighted by molar-refractivity contribution is 5.76. The van der Waals surface area contributed by atoms with Gasteiger partial charge in [0.1, 0.15) is 43.2 Å². The van der Waals surface area contributed by atoms with E-state index in [4.69, 9.17) is 14.9 Å². The fraction of sp³-hybridized carbons (Fsp3) is 0.524. The lowest BCUT2D eigenvalue weighted by Gasteiger charge is -2.33. The third-order valence-corrected chi connectivity index (χ3v) is 9.86. The number of benzene rings is 3. The van der Waals surface area contributed by atoms with Gasteiger partial charge in [-0.3, -0.25) is 9.69 Å². The van der Waals surface area contributed by atoms with Gasteiger partial charge in [-0.1, -0.05) is 72.8 Å². The number of aliphatic hydroxyl groups is 10. The summed E-state index contributed by atoms with van der Waals surface area (Å²) >= 11 is 0. The predicted molar refractivity (Wildman–Crippen MR) is 214 cm³/mol. The Morgan fingerprint density at radius 2 is 1.21 bits per heavy atom. The zero-order valence-corrected chi connectivity index (χ0v) is 32.9. The fourth-order valence-corrected chi connectivity index (χ4v) is 6.30. The van der Waals surface area contributed by atoms with Crippen LogP contribution in [-0.4, -0.2) is 163 Å². The first-order valence-corrected chi connectivity index (χ1v) is 19.5. The molecule has 58 heavy (non-hydrogen) atoms. The van der Waals surface area contributed by atoms with Crippen LogP contribution in [0.1, 0.15) is 41.5 Å². The van der Waals surface area contributed by atoms with E-state index in [1.54, 1.807) is 0 Å². The highest BCUT2D eigenvalue weighted by Gasteiger charge is 2.34. The molecule has 3 aromatic carbocycles. The summed E-state index contributed by atoms with van der Waals surface area (Å²) in [6.45, 7) is 0.106. The van der Waals surface area contributed by atoms with Gasteiger partial charge in [-0.15, -0.1) is 0 Å². The second-order valence-corrected chi connectivity index (χ2v) is 14.5. The van der Waals surface area contributed by atoms with Crippen molar-refractivity contribution in [2.24, 2.45) is 0 Å². The predicted octanol–water partition coefficient (Wildman–Crippen LogP) is -0.866. The Morgan fingerprint density at radius 3 is 1.78 bits per heavy atom. The van der Waals surface area contributed by atoms with Crippen molar-refractivity contribution < 1.29 is 65.4 Å². The van der Waals surface area contributed by atoms with Gasteiger partial charge in [0.05, 0.1) is 25.4 Å². The highest BCUT2D eigenvalue weighted by atomic mass is 16.5. The van der Waals surface area contributed by atoms with Crippen molar-refractivity contribution in [3.05, 3.63) is 95.1 Å². The number of aliphatic hydroxyl groups excluding tert-OH is 10. The van der Waals surface area contributed by atoms with Gasteiger partial charge in [0.25, 0.3) is 0 Å². The second kappa shape index (κ2) is 25.4. The van der Waals surface area contributed by atoms with Crippen LogP contribution in [-0.2, 0) is 29.0 Å². The van der Waals surface area contributed by atoms with E-state index in [-0.39, 0.29) is 32.0 Å². The van der Waals surface area contributed by atoms with Gasteiger partial charge in [0, 0.05) is 39.1 Å². The summed E-state index contributed by atoms with van der Waals surface area (Å²) in [6.07, 6.45) is -11.8. The number of hydrogen-bond acceptors (Lipinski definition) is 14. The van der Waals surface area contributed by atoms with Crippen LogP contribution in [0.5, 0.6) is 0 Å². The lowest BCUT2D eigenvalue weighted by molar-refractivity contribution is -0.130. The van der Waals surface area contributed by atoms with Crippen molar-refractivity contribution in [2.45, 2.75) is 94.5 Å². The van der Waals surface area contributed by atoms with Crippen LogP contribution in [0.2, 0.25) is 0 Å². The van der Waals surface area contributed by atoms with E-state index in [1.165, 1.54) is 10.5 Å². The molecule has 3 rings (SSSR count). The van der Waals surface area contributed by atoms with E-state index in [0.29, 0.717) is 13.0 Å². The molecule has 0 spiro atoms. The van der Waals surface area contributed by atoms with Gasteiger partial charge in [-0.25, -0.2) is 4.79 Å². The number of alkyl carbamates (subject to hydrolysis) is 1. The fourth-order valence-electron chi connectivity index (χ4n) is 6.30. The molecule has 0 radical (unpaired) electrons. The summed E-state index contributed by atoms with van der Waals surface area (Å²) in [4.78, 5) is 26.0. The number of rotatable bonds is 26. The first-order valence-electron chi connectivity index (χ1n) is 19.5. The van der Waals surface area contributed by atoms with Crippen molar-refractivity contribution in [3.8, 4) is 11.1 Å². The number of nitrogens with one attached hydrogen (secondary N) is 2. The molecule has 0 bridgehead atoms. The van der Waals surface area contributed by atoms with Gasteiger partial charge in [-0.05, 0) is 66.0 Å². The van der Waals surface area contributed by atoms with Crippen molar-refractivity contribution in [2.75, 3.05) is 45.9 Å². The number of hydrogen-bond donors (Lipinski definition) is 12. The highest BCUT2D eigenvalue weighted by Crippen LogP contribution is 2.25. The number of nitrogens with zero attached hydrogens (tertiary/aromatic N) is 1. The third kappa shape index (κ3) is 16.3. The van der Waals surface area contributed by atoms with E-state index in [1.807, 2.05) is 55.5 Å². The molecule has 0 aliphatic carbocycles. The maximum Gasteiger partial charge on any atom is 0.407 e. The van der Waals surface area contributed by atoms with Gasteiger partial charge >= 0.3 is 6.09 Å². The molecule has 0 aliphatic heterocycles. The lowest BCUT2D eigenvalue weighted by Crippen LogP contribution is -2.54. The molecule has 0 saturated carbocycles. The zero-order chi connectivity index (χ0) is 42.6. The standard InChI is InChI=1S/C42H61N3O13/c1-27-21-29(12-16-32(27)31-14-10-28(11-15-31)7-5-6-18-44-42(57)58-26-30-8-3-2-4-9-30)13-17-37(52)43-19-20-45(22-33(48)38(53)40(55)35(50)24-46)23-34(49)39(54)41(56)36(51)25-47/h2-4,8-12,14-16,21,33-36,38-41,46-51,53-56H,5-7,13,17-20,22-26H2,1H3,(H,43,52)(H,44,57)/t33-,34-,35+,36+,38+,39+,40+,41+/m0/s1. The summed E-state index contributed by atoms with van der Waals surface area (Å²) in [7, 11) is 0. The average Bonchev–Trinajstić information content (AvgIpc) is 3.23. The molecule has 2 amide bonds. The maximum absolute atomic E-state index is 12.8. The van der Waals surface area contributed by atoms with Gasteiger partial charge in [-0.2, -0.15) is 0 Å². The third-order valence-electron chi connectivity index (χ3n) is 9.86. The molecule has 12 N–H and O–H groups in total. The molecule has 322 valence electrons. The molecule has 0 aromatic heterocycles. The number of aryl methyl sites for hydroxylation is 3. The number of carbonyl (C=O) groups is 2.